The first-order valence-corrected chi connectivity index (χ1v) is 12.7. The van der Waals surface area contributed by atoms with Gasteiger partial charge in [-0.1, -0.05) is 51.2 Å². The molecular weight excluding hydrogens is 474 g/mol. The Balaban J connectivity index is 1.45. The topological polar surface area (TPSA) is 119 Å². The molecule has 0 saturated carbocycles. The Labute approximate surface area is 215 Å². The molecule has 2 fully saturated rings. The second-order valence-electron chi connectivity index (χ2n) is 9.45. The van der Waals surface area contributed by atoms with Gasteiger partial charge in [0.05, 0.1) is 11.5 Å². The molecule has 1 amide bonds. The number of amides is 1. The number of anilines is 1. The van der Waals surface area contributed by atoms with Gasteiger partial charge in [0.15, 0.2) is 0 Å². The van der Waals surface area contributed by atoms with E-state index in [1.54, 1.807) is 30.3 Å². The summed E-state index contributed by atoms with van der Waals surface area (Å²) in [5.41, 5.74) is 1.95. The molecule has 8 nitrogen and oxygen atoms in total. The summed E-state index contributed by atoms with van der Waals surface area (Å²) in [6, 6.07) is 12.6. The summed E-state index contributed by atoms with van der Waals surface area (Å²) in [5.74, 6) is -2.92. The van der Waals surface area contributed by atoms with E-state index in [-0.39, 0.29) is 11.5 Å². The number of carboxylic acid groups (broad SMARTS) is 1. The maximum absolute atomic E-state index is 12.8. The summed E-state index contributed by atoms with van der Waals surface area (Å²) in [6.07, 6.45) is 7.72. The van der Waals surface area contributed by atoms with Crippen LogP contribution in [0.5, 0.6) is 0 Å². The number of unbranched alkanes of at least 4 members (excludes halogenated alkanes) is 5. The van der Waals surface area contributed by atoms with Crippen molar-refractivity contribution in [1.82, 2.24) is 0 Å². The van der Waals surface area contributed by atoms with Crippen molar-refractivity contribution in [1.29, 1.82) is 0 Å². The lowest BCUT2D eigenvalue weighted by atomic mass is 9.88. The van der Waals surface area contributed by atoms with Crippen LogP contribution >= 0.6 is 0 Å². The molecular formula is C29H31NO7. The number of hydrogen-bond donors (Lipinski definition) is 2. The predicted octanol–water partition coefficient (Wildman–Crippen LogP) is 5.24. The molecule has 0 bridgehead atoms. The van der Waals surface area contributed by atoms with Crippen LogP contribution in [0.1, 0.15) is 78.1 Å². The summed E-state index contributed by atoms with van der Waals surface area (Å²) in [4.78, 5) is 48.8. The highest BCUT2D eigenvalue weighted by atomic mass is 16.6. The minimum absolute atomic E-state index is 0.123. The summed E-state index contributed by atoms with van der Waals surface area (Å²) in [6.45, 7) is 2.17. The van der Waals surface area contributed by atoms with Gasteiger partial charge in [0.2, 0.25) is 6.10 Å². The fourth-order valence-electron chi connectivity index (χ4n) is 4.80. The van der Waals surface area contributed by atoms with Gasteiger partial charge in [0.1, 0.15) is 6.10 Å². The van der Waals surface area contributed by atoms with Crippen molar-refractivity contribution in [3.8, 4) is 0 Å². The molecule has 37 heavy (non-hydrogen) atoms. The molecule has 2 N–H and O–H groups in total. The number of carbonyl (C=O) groups is 4. The highest BCUT2D eigenvalue weighted by molar-refractivity contribution is 6.05. The summed E-state index contributed by atoms with van der Waals surface area (Å²) in [5, 5.41) is 11.8. The fraction of sp³-hybridized carbons (Fsp3) is 0.379. The third kappa shape index (κ3) is 6.25. The molecule has 2 aromatic carbocycles. The number of nitrogens with one attached hydrogen (secondary N) is 1. The van der Waals surface area contributed by atoms with Crippen molar-refractivity contribution in [3.05, 3.63) is 70.8 Å². The van der Waals surface area contributed by atoms with Crippen molar-refractivity contribution in [3.63, 3.8) is 0 Å². The molecule has 0 spiro atoms. The van der Waals surface area contributed by atoms with Crippen LogP contribution in [0.25, 0.3) is 6.08 Å². The van der Waals surface area contributed by atoms with E-state index in [4.69, 9.17) is 14.6 Å². The molecule has 2 aromatic rings. The van der Waals surface area contributed by atoms with Crippen LogP contribution in [0.3, 0.4) is 0 Å². The number of ether oxygens (including phenoxy) is 2. The number of aromatic carboxylic acids is 1. The maximum Gasteiger partial charge on any atom is 0.348 e. The lowest BCUT2D eigenvalue weighted by Gasteiger charge is -2.15. The molecule has 0 aromatic heterocycles. The van der Waals surface area contributed by atoms with E-state index in [2.05, 4.69) is 12.2 Å². The van der Waals surface area contributed by atoms with Crippen LogP contribution < -0.4 is 5.32 Å². The van der Waals surface area contributed by atoms with E-state index in [0.717, 1.165) is 19.3 Å². The monoisotopic (exact) mass is 505 g/mol. The van der Waals surface area contributed by atoms with Gasteiger partial charge in [-0.3, -0.25) is 4.79 Å². The molecule has 3 atom stereocenters. The highest BCUT2D eigenvalue weighted by Crippen LogP contribution is 2.41. The zero-order valence-corrected chi connectivity index (χ0v) is 20.8. The standard InChI is InChI=1S/C29H31NO7/c1-2-3-4-5-6-7-11-23-24-22(28(34)37-25(24)29(35)36-23)17-18-9-8-10-20(16-18)26(31)30-21-14-12-19(13-15-21)27(32)33/h8-10,12-17,23-25H,2-7,11H2,1H3,(H,30,31)(H,32,33)/b22-17-/t23?,24-,25-/m1/s1. The minimum atomic E-state index is -1.05. The van der Waals surface area contributed by atoms with Gasteiger partial charge in [0.25, 0.3) is 5.91 Å². The van der Waals surface area contributed by atoms with E-state index >= 15 is 0 Å². The zero-order valence-electron chi connectivity index (χ0n) is 20.8. The van der Waals surface area contributed by atoms with Crippen molar-refractivity contribution in [2.45, 2.75) is 64.1 Å². The SMILES string of the molecule is CCCCCCCCC1OC(=O)[C@@H]2OC(=O)/C(=C\c3cccc(C(=O)Nc4ccc(C(=O)O)cc4)c3)[C@H]12. The Morgan fingerprint density at radius 2 is 1.68 bits per heavy atom. The van der Waals surface area contributed by atoms with Crippen LogP contribution in [-0.4, -0.2) is 41.1 Å². The fourth-order valence-corrected chi connectivity index (χ4v) is 4.80. The molecule has 2 aliphatic rings. The number of esters is 2. The van der Waals surface area contributed by atoms with Crippen LogP contribution in [0, 0.1) is 5.92 Å². The summed E-state index contributed by atoms with van der Waals surface area (Å²) >= 11 is 0. The number of carboxylic acids is 1. The van der Waals surface area contributed by atoms with E-state index in [1.807, 2.05) is 0 Å². The zero-order chi connectivity index (χ0) is 26.4. The lowest BCUT2D eigenvalue weighted by molar-refractivity contribution is -0.156. The van der Waals surface area contributed by atoms with Crippen molar-refractivity contribution in [2.75, 3.05) is 5.32 Å². The number of hydrogen-bond acceptors (Lipinski definition) is 6. The largest absolute Gasteiger partial charge is 0.478 e. The van der Waals surface area contributed by atoms with Crippen molar-refractivity contribution >= 4 is 35.6 Å². The van der Waals surface area contributed by atoms with E-state index < -0.39 is 36.0 Å². The molecule has 4 rings (SSSR count). The van der Waals surface area contributed by atoms with Crippen LogP contribution in [0.2, 0.25) is 0 Å². The molecule has 0 aliphatic carbocycles. The number of carbonyl (C=O) groups excluding carboxylic acids is 3. The Hall–Kier alpha value is -3.94. The lowest BCUT2D eigenvalue weighted by Crippen LogP contribution is -2.22. The molecule has 0 radical (unpaired) electrons. The van der Waals surface area contributed by atoms with Gasteiger partial charge in [-0.15, -0.1) is 0 Å². The Morgan fingerprint density at radius 1 is 0.946 bits per heavy atom. The number of fused-ring (bicyclic) bond motifs is 1. The van der Waals surface area contributed by atoms with Crippen LogP contribution in [0.4, 0.5) is 5.69 Å². The first-order chi connectivity index (χ1) is 17.9. The Kier molecular flexibility index (Phi) is 8.38. The van der Waals surface area contributed by atoms with Gasteiger partial charge in [-0.2, -0.15) is 0 Å². The van der Waals surface area contributed by atoms with Gasteiger partial charge in [-0.25, -0.2) is 14.4 Å². The van der Waals surface area contributed by atoms with Crippen molar-refractivity contribution < 1.29 is 33.8 Å². The van der Waals surface area contributed by atoms with Crippen LogP contribution in [0.15, 0.2) is 54.1 Å². The van der Waals surface area contributed by atoms with E-state index in [0.29, 0.717) is 28.8 Å². The number of benzene rings is 2. The average Bonchev–Trinajstić information content (AvgIpc) is 3.37. The van der Waals surface area contributed by atoms with Gasteiger partial charge in [-0.05, 0) is 60.9 Å². The highest BCUT2D eigenvalue weighted by Gasteiger charge is 2.55. The summed E-state index contributed by atoms with van der Waals surface area (Å²) < 4.78 is 10.9. The average molecular weight is 506 g/mol. The molecule has 194 valence electrons. The molecule has 8 heteroatoms. The number of rotatable bonds is 11. The van der Waals surface area contributed by atoms with Gasteiger partial charge >= 0.3 is 17.9 Å². The molecule has 2 saturated heterocycles. The smallest absolute Gasteiger partial charge is 0.348 e. The first-order valence-electron chi connectivity index (χ1n) is 12.7. The van der Waals surface area contributed by atoms with Gasteiger partial charge < -0.3 is 19.9 Å². The normalized spacial score (nSPS) is 21.4. The molecule has 1 unspecified atom stereocenters. The first kappa shape index (κ1) is 26.1. The second-order valence-corrected chi connectivity index (χ2v) is 9.45. The second kappa shape index (κ2) is 11.9. The number of cyclic esters (lactones) is 1. The van der Waals surface area contributed by atoms with Crippen LogP contribution in [-0.2, 0) is 19.1 Å². The van der Waals surface area contributed by atoms with Gasteiger partial charge in [0, 0.05) is 16.8 Å². The van der Waals surface area contributed by atoms with E-state index in [1.165, 1.54) is 43.5 Å². The minimum Gasteiger partial charge on any atom is -0.478 e. The Bertz CT molecular complexity index is 1200. The predicted molar refractivity (Wildman–Crippen MR) is 137 cm³/mol. The quantitative estimate of drug-likeness (QED) is 0.244. The third-order valence-electron chi connectivity index (χ3n) is 6.76. The molecule has 2 heterocycles. The maximum atomic E-state index is 12.8. The Morgan fingerprint density at radius 3 is 2.41 bits per heavy atom. The van der Waals surface area contributed by atoms with E-state index in [9.17, 15) is 19.2 Å². The van der Waals surface area contributed by atoms with Crippen molar-refractivity contribution in [2.24, 2.45) is 5.92 Å². The molecule has 2 aliphatic heterocycles. The third-order valence-corrected chi connectivity index (χ3v) is 6.76. The summed E-state index contributed by atoms with van der Waals surface area (Å²) in [7, 11) is 0.